The minimum absolute atomic E-state index is 0.327. The van der Waals surface area contributed by atoms with Gasteiger partial charge in [-0.15, -0.1) is 0 Å². The van der Waals surface area contributed by atoms with E-state index in [0.717, 1.165) is 6.07 Å². The average Bonchev–Trinajstić information content (AvgIpc) is 2.45. The minimum atomic E-state index is -7.71. The Morgan fingerprint density at radius 1 is 0.731 bits per heavy atom. The van der Waals surface area contributed by atoms with E-state index in [1.807, 2.05) is 0 Å². The molecule has 0 fully saturated rings. The van der Waals surface area contributed by atoms with Crippen LogP contribution in [0, 0.1) is 0 Å². The van der Waals surface area contributed by atoms with Crippen molar-refractivity contribution in [2.45, 2.75) is 35.0 Å². The molecule has 0 unspecified atom stereocenters. The number of nitrogen functional groups attached to an aromatic ring is 1. The van der Waals surface area contributed by atoms with Gasteiger partial charge >= 0.3 is 35.0 Å². The van der Waals surface area contributed by atoms with Crippen LogP contribution in [0.25, 0.3) is 0 Å². The zero-order valence-electron chi connectivity index (χ0n) is 11.7. The summed E-state index contributed by atoms with van der Waals surface area (Å²) in [5, 5.41) is -6.48. The summed E-state index contributed by atoms with van der Waals surface area (Å²) in [6, 6.07) is 1.20. The summed E-state index contributed by atoms with van der Waals surface area (Å²) in [7, 11) is 0. The van der Waals surface area contributed by atoms with E-state index in [4.69, 9.17) is 5.73 Å². The molecule has 1 aromatic heterocycles. The van der Waals surface area contributed by atoms with Crippen LogP contribution in [0.3, 0.4) is 0 Å². The summed E-state index contributed by atoms with van der Waals surface area (Å²) in [5.41, 5.74) is 1.07. The number of halogens is 13. The molecular formula is C11H5ClF12N2. The van der Waals surface area contributed by atoms with E-state index in [0.29, 0.717) is 12.3 Å². The molecule has 1 aromatic rings. The lowest BCUT2D eigenvalue weighted by Gasteiger charge is -2.40. The molecule has 150 valence electrons. The van der Waals surface area contributed by atoms with Crippen LogP contribution in [0.5, 0.6) is 0 Å². The molecular weight excluding hydrogens is 424 g/mol. The van der Waals surface area contributed by atoms with Crippen LogP contribution < -0.4 is 5.73 Å². The van der Waals surface area contributed by atoms with Crippen molar-refractivity contribution in [2.75, 3.05) is 5.73 Å². The Morgan fingerprint density at radius 3 is 1.54 bits per heavy atom. The zero-order chi connectivity index (χ0) is 21.0. The second-order valence-corrected chi connectivity index (χ2v) is 5.29. The molecule has 1 rings (SSSR count). The smallest absolute Gasteiger partial charge is 0.393 e. The molecule has 15 heteroatoms. The lowest BCUT2D eigenvalue weighted by Crippen LogP contribution is -2.69. The first-order valence-corrected chi connectivity index (χ1v) is 6.31. The van der Waals surface area contributed by atoms with Crippen molar-refractivity contribution in [2.24, 2.45) is 0 Å². The van der Waals surface area contributed by atoms with Crippen LogP contribution >= 0.6 is 11.6 Å². The van der Waals surface area contributed by atoms with Crippen LogP contribution in [-0.2, 0) is 5.92 Å². The molecule has 0 spiro atoms. The van der Waals surface area contributed by atoms with Crippen LogP contribution in [-0.4, -0.2) is 34.1 Å². The van der Waals surface area contributed by atoms with Crippen LogP contribution in [0.2, 0.25) is 0 Å². The van der Waals surface area contributed by atoms with Gasteiger partial charge in [0.05, 0.1) is 5.69 Å². The van der Waals surface area contributed by atoms with E-state index in [-0.39, 0.29) is 0 Å². The molecule has 0 saturated heterocycles. The number of pyridine rings is 1. The van der Waals surface area contributed by atoms with Gasteiger partial charge in [-0.1, -0.05) is 0 Å². The fourth-order valence-electron chi connectivity index (χ4n) is 1.60. The fourth-order valence-corrected chi connectivity index (χ4v) is 1.72. The molecule has 26 heavy (non-hydrogen) atoms. The number of nitrogens with two attached hydrogens (primary N) is 1. The van der Waals surface area contributed by atoms with Gasteiger partial charge in [-0.2, -0.15) is 52.7 Å². The molecule has 2 nitrogen and oxygen atoms in total. The van der Waals surface area contributed by atoms with Crippen LogP contribution in [0.15, 0.2) is 18.3 Å². The Labute approximate surface area is 140 Å². The second kappa shape index (κ2) is 5.96. The first-order valence-electron chi connectivity index (χ1n) is 5.93. The van der Waals surface area contributed by atoms with Crippen molar-refractivity contribution in [1.82, 2.24) is 4.98 Å². The van der Waals surface area contributed by atoms with E-state index < -0.39 is 46.4 Å². The molecule has 0 radical (unpaired) electrons. The summed E-state index contributed by atoms with van der Waals surface area (Å²) in [6.07, 6.45) is 0.327. The van der Waals surface area contributed by atoms with Gasteiger partial charge < -0.3 is 5.73 Å². The summed E-state index contributed by atoms with van der Waals surface area (Å²) >= 11 is 3.56. The number of nitrogens with zero attached hydrogens (tertiary/aromatic N) is 1. The number of aromatic nitrogens is 1. The molecule has 0 amide bonds. The number of alkyl halides is 13. The maximum absolute atomic E-state index is 13.7. The van der Waals surface area contributed by atoms with Gasteiger partial charge in [-0.25, -0.2) is 0 Å². The van der Waals surface area contributed by atoms with Crippen molar-refractivity contribution >= 4 is 17.3 Å². The largest absolute Gasteiger partial charge is 0.397 e. The Bertz CT molecular complexity index is 669. The van der Waals surface area contributed by atoms with Gasteiger partial charge in [0.15, 0.2) is 0 Å². The lowest BCUT2D eigenvalue weighted by molar-refractivity contribution is -0.419. The van der Waals surface area contributed by atoms with Crippen molar-refractivity contribution in [3.05, 3.63) is 24.0 Å². The van der Waals surface area contributed by atoms with Crippen LogP contribution in [0.4, 0.5) is 58.4 Å². The third-order valence-electron chi connectivity index (χ3n) is 3.07. The van der Waals surface area contributed by atoms with E-state index in [1.54, 1.807) is 0 Å². The Hall–Kier alpha value is -1.60. The van der Waals surface area contributed by atoms with E-state index in [2.05, 4.69) is 16.6 Å². The molecule has 0 aliphatic carbocycles. The topological polar surface area (TPSA) is 38.9 Å². The molecule has 0 aliphatic heterocycles. The van der Waals surface area contributed by atoms with Gasteiger partial charge in [-0.3, -0.25) is 4.98 Å². The maximum Gasteiger partial charge on any atom is 0.393 e. The maximum atomic E-state index is 13.7. The first kappa shape index (κ1) is 22.4. The summed E-state index contributed by atoms with van der Waals surface area (Å²) in [5.74, 6) is -36.4. The van der Waals surface area contributed by atoms with Crippen molar-refractivity contribution in [3.8, 4) is 0 Å². The van der Waals surface area contributed by atoms with E-state index >= 15 is 0 Å². The van der Waals surface area contributed by atoms with Gasteiger partial charge in [0.1, 0.15) is 5.69 Å². The Kier molecular flexibility index (Phi) is 5.14. The highest BCUT2D eigenvalue weighted by molar-refractivity contribution is 6.22. The predicted octanol–water partition coefficient (Wildman–Crippen LogP) is 5.13. The first-order chi connectivity index (χ1) is 11.3. The molecule has 1 heterocycles. The predicted molar refractivity (Wildman–Crippen MR) is 63.1 cm³/mol. The van der Waals surface area contributed by atoms with Crippen molar-refractivity contribution < 1.29 is 52.7 Å². The SMILES string of the molecule is Nc1cccnc1C(F)(F)C(F)(F)C(F)(F)C(F)(F)C(F)(F)C(F)(F)Cl. The minimum Gasteiger partial charge on any atom is -0.397 e. The molecule has 0 bridgehead atoms. The highest BCUT2D eigenvalue weighted by Crippen LogP contribution is 2.62. The Balaban J connectivity index is 3.61. The highest BCUT2D eigenvalue weighted by Gasteiger charge is 2.90. The zero-order valence-corrected chi connectivity index (χ0v) is 12.4. The number of rotatable bonds is 6. The molecule has 0 saturated carbocycles. The van der Waals surface area contributed by atoms with Crippen LogP contribution in [0.1, 0.15) is 5.69 Å². The summed E-state index contributed by atoms with van der Waals surface area (Å²) in [6.45, 7) is 0. The standard InChI is InChI=1S/C11H5ClF12N2/c12-11(23,24)10(21,22)9(19,20)8(17,18)7(15,16)6(13,14)5-4(25)2-1-3-26-5/h1-3H,25H2. The molecule has 2 N–H and O–H groups in total. The molecule has 0 aliphatic rings. The second-order valence-electron chi connectivity index (χ2n) is 4.81. The van der Waals surface area contributed by atoms with Crippen molar-refractivity contribution in [3.63, 3.8) is 0 Å². The van der Waals surface area contributed by atoms with E-state index in [9.17, 15) is 52.7 Å². The lowest BCUT2D eigenvalue weighted by atomic mass is 9.92. The fraction of sp³-hybridized carbons (Fsp3) is 0.545. The van der Waals surface area contributed by atoms with Gasteiger partial charge in [0, 0.05) is 6.20 Å². The van der Waals surface area contributed by atoms with Gasteiger partial charge in [0.25, 0.3) is 0 Å². The van der Waals surface area contributed by atoms with E-state index in [1.165, 1.54) is 0 Å². The average molecular weight is 429 g/mol. The van der Waals surface area contributed by atoms with Gasteiger partial charge in [0.2, 0.25) is 0 Å². The quantitative estimate of drug-likeness (QED) is 0.504. The Morgan fingerprint density at radius 2 is 1.15 bits per heavy atom. The number of hydrogen-bond acceptors (Lipinski definition) is 2. The summed E-state index contributed by atoms with van der Waals surface area (Å²) < 4.78 is 158. The monoisotopic (exact) mass is 428 g/mol. The normalized spacial score (nSPS) is 15.3. The third kappa shape index (κ3) is 2.81. The third-order valence-corrected chi connectivity index (χ3v) is 3.31. The number of hydrogen-bond donors (Lipinski definition) is 1. The highest BCUT2D eigenvalue weighted by atomic mass is 35.5. The number of anilines is 1. The molecule has 0 aromatic carbocycles. The van der Waals surface area contributed by atoms with Crippen molar-refractivity contribution in [1.29, 1.82) is 0 Å². The van der Waals surface area contributed by atoms with Gasteiger partial charge in [-0.05, 0) is 23.7 Å². The summed E-state index contributed by atoms with van der Waals surface area (Å²) in [4.78, 5) is 2.53. The molecule has 0 atom stereocenters.